The van der Waals surface area contributed by atoms with Crippen LogP contribution >= 0.6 is 23.4 Å². The highest BCUT2D eigenvalue weighted by atomic mass is 35.5. The van der Waals surface area contributed by atoms with Crippen molar-refractivity contribution in [1.29, 1.82) is 0 Å². The molecule has 1 amide bonds. The van der Waals surface area contributed by atoms with Crippen molar-refractivity contribution in [3.05, 3.63) is 34.9 Å². The summed E-state index contributed by atoms with van der Waals surface area (Å²) in [5.74, 6) is 1.10. The lowest BCUT2D eigenvalue weighted by Gasteiger charge is -2.37. The maximum atomic E-state index is 12.4. The fourth-order valence-corrected chi connectivity index (χ4v) is 4.48. The third-order valence-electron chi connectivity index (χ3n) is 4.13. The van der Waals surface area contributed by atoms with Gasteiger partial charge < -0.3 is 9.64 Å². The summed E-state index contributed by atoms with van der Waals surface area (Å²) in [6.45, 7) is 5.13. The zero-order valence-corrected chi connectivity index (χ0v) is 14.1. The molecule has 120 valence electrons. The van der Waals surface area contributed by atoms with Crippen molar-refractivity contribution >= 4 is 29.3 Å². The predicted octanol–water partition coefficient (Wildman–Crippen LogP) is 2.64. The van der Waals surface area contributed by atoms with Gasteiger partial charge in [-0.25, -0.2) is 0 Å². The lowest BCUT2D eigenvalue weighted by Crippen LogP contribution is -2.45. The molecule has 1 unspecified atom stereocenters. The number of halogens is 1. The molecule has 4 nitrogen and oxygen atoms in total. The number of rotatable bonds is 4. The summed E-state index contributed by atoms with van der Waals surface area (Å²) >= 11 is 8.15. The Balaban J connectivity index is 1.70. The molecule has 3 rings (SSSR count). The van der Waals surface area contributed by atoms with Crippen LogP contribution in [-0.2, 0) is 9.53 Å². The summed E-state index contributed by atoms with van der Waals surface area (Å²) in [4.78, 5) is 16.7. The molecule has 0 saturated carbocycles. The lowest BCUT2D eigenvalue weighted by molar-refractivity contribution is -0.132. The monoisotopic (exact) mass is 340 g/mol. The minimum Gasteiger partial charge on any atom is -0.379 e. The number of hydrogen-bond donors (Lipinski definition) is 0. The molecule has 0 radical (unpaired) electrons. The normalized spacial score (nSPS) is 23.8. The number of amides is 1. The standard InChI is InChI=1S/C16H21ClN2O2S/c17-14-4-2-1-3-13(14)16-19(15(20)5-12-22-16)7-6-18-8-10-21-11-9-18/h1-4,16H,5-12H2. The van der Waals surface area contributed by atoms with E-state index in [1.54, 1.807) is 11.8 Å². The van der Waals surface area contributed by atoms with Gasteiger partial charge in [0.2, 0.25) is 5.91 Å². The lowest BCUT2D eigenvalue weighted by atomic mass is 10.2. The highest BCUT2D eigenvalue weighted by Gasteiger charge is 2.31. The molecule has 2 heterocycles. The van der Waals surface area contributed by atoms with Gasteiger partial charge in [-0.2, -0.15) is 0 Å². The van der Waals surface area contributed by atoms with Crippen LogP contribution in [0.2, 0.25) is 5.02 Å². The molecule has 22 heavy (non-hydrogen) atoms. The zero-order chi connectivity index (χ0) is 15.4. The average Bonchev–Trinajstić information content (AvgIpc) is 2.55. The van der Waals surface area contributed by atoms with Gasteiger partial charge in [0.25, 0.3) is 0 Å². The molecule has 2 aliphatic rings. The van der Waals surface area contributed by atoms with Crippen LogP contribution in [0.4, 0.5) is 0 Å². The summed E-state index contributed by atoms with van der Waals surface area (Å²) in [5.41, 5.74) is 1.05. The second-order valence-electron chi connectivity index (χ2n) is 5.54. The van der Waals surface area contributed by atoms with Gasteiger partial charge in [0.1, 0.15) is 5.37 Å². The average molecular weight is 341 g/mol. The third kappa shape index (κ3) is 3.77. The van der Waals surface area contributed by atoms with E-state index in [1.165, 1.54) is 0 Å². The number of carbonyl (C=O) groups is 1. The topological polar surface area (TPSA) is 32.8 Å². The second-order valence-corrected chi connectivity index (χ2v) is 7.13. The maximum Gasteiger partial charge on any atom is 0.224 e. The van der Waals surface area contributed by atoms with Crippen molar-refractivity contribution in [3.8, 4) is 0 Å². The van der Waals surface area contributed by atoms with Gasteiger partial charge >= 0.3 is 0 Å². The molecule has 0 aliphatic carbocycles. The molecule has 1 aromatic carbocycles. The van der Waals surface area contributed by atoms with E-state index in [1.807, 2.05) is 29.2 Å². The second kappa shape index (κ2) is 7.68. The van der Waals surface area contributed by atoms with E-state index in [0.717, 1.165) is 55.7 Å². The minimum absolute atomic E-state index is 0.0380. The third-order valence-corrected chi connectivity index (χ3v) is 5.74. The smallest absolute Gasteiger partial charge is 0.224 e. The van der Waals surface area contributed by atoms with Gasteiger partial charge in [-0.15, -0.1) is 11.8 Å². The van der Waals surface area contributed by atoms with E-state index in [4.69, 9.17) is 16.3 Å². The Kier molecular flexibility index (Phi) is 5.63. The van der Waals surface area contributed by atoms with Crippen molar-refractivity contribution in [3.63, 3.8) is 0 Å². The summed E-state index contributed by atoms with van der Waals surface area (Å²) < 4.78 is 5.38. The number of nitrogens with zero attached hydrogens (tertiary/aromatic N) is 2. The number of carbonyl (C=O) groups excluding carboxylic acids is 1. The molecule has 0 aromatic heterocycles. The number of ether oxygens (including phenoxy) is 1. The highest BCUT2D eigenvalue weighted by Crippen LogP contribution is 2.39. The van der Waals surface area contributed by atoms with Gasteiger partial charge in [-0.3, -0.25) is 9.69 Å². The zero-order valence-electron chi connectivity index (χ0n) is 12.5. The van der Waals surface area contributed by atoms with Crippen LogP contribution in [0.15, 0.2) is 24.3 Å². The van der Waals surface area contributed by atoms with E-state index in [2.05, 4.69) is 4.90 Å². The van der Waals surface area contributed by atoms with Gasteiger partial charge in [0, 0.05) is 48.9 Å². The number of morpholine rings is 1. The molecule has 1 atom stereocenters. The maximum absolute atomic E-state index is 12.4. The highest BCUT2D eigenvalue weighted by molar-refractivity contribution is 7.99. The summed E-state index contributed by atoms with van der Waals surface area (Å²) in [6, 6.07) is 7.84. The van der Waals surface area contributed by atoms with Crippen LogP contribution in [0.5, 0.6) is 0 Å². The van der Waals surface area contributed by atoms with Crippen LogP contribution in [0.1, 0.15) is 17.4 Å². The van der Waals surface area contributed by atoms with Crippen LogP contribution in [0, 0.1) is 0 Å². The molecule has 2 aliphatic heterocycles. The van der Waals surface area contributed by atoms with Crippen LogP contribution in [0.3, 0.4) is 0 Å². The Labute approximate surface area is 140 Å². The minimum atomic E-state index is 0.0380. The van der Waals surface area contributed by atoms with Gasteiger partial charge in [-0.05, 0) is 6.07 Å². The predicted molar refractivity (Wildman–Crippen MR) is 90.2 cm³/mol. The van der Waals surface area contributed by atoms with Gasteiger partial charge in [0.15, 0.2) is 0 Å². The Morgan fingerprint density at radius 1 is 1.23 bits per heavy atom. The summed E-state index contributed by atoms with van der Waals surface area (Å²) in [5, 5.41) is 0.780. The molecule has 0 spiro atoms. The first-order valence-corrected chi connectivity index (χ1v) is 9.14. The molecule has 0 N–H and O–H groups in total. The fourth-order valence-electron chi connectivity index (χ4n) is 2.87. The van der Waals surface area contributed by atoms with Crippen LogP contribution < -0.4 is 0 Å². The first-order chi connectivity index (χ1) is 10.8. The van der Waals surface area contributed by atoms with Gasteiger partial charge in [-0.1, -0.05) is 29.8 Å². The van der Waals surface area contributed by atoms with E-state index >= 15 is 0 Å². The van der Waals surface area contributed by atoms with E-state index in [9.17, 15) is 4.79 Å². The SMILES string of the molecule is O=C1CCSC(c2ccccc2Cl)N1CCN1CCOCC1. The molecular weight excluding hydrogens is 320 g/mol. The first kappa shape index (κ1) is 16.1. The number of thioether (sulfide) groups is 1. The Morgan fingerprint density at radius 3 is 2.77 bits per heavy atom. The van der Waals surface area contributed by atoms with Crippen LogP contribution in [-0.4, -0.2) is 60.9 Å². The molecular formula is C16H21ClN2O2S. The van der Waals surface area contributed by atoms with E-state index in [0.29, 0.717) is 6.42 Å². The van der Waals surface area contributed by atoms with Crippen molar-refractivity contribution in [2.45, 2.75) is 11.8 Å². The number of benzene rings is 1. The molecule has 0 bridgehead atoms. The largest absolute Gasteiger partial charge is 0.379 e. The molecule has 1 aromatic rings. The quantitative estimate of drug-likeness (QED) is 0.843. The Morgan fingerprint density at radius 2 is 2.00 bits per heavy atom. The van der Waals surface area contributed by atoms with Crippen molar-refractivity contribution in [2.24, 2.45) is 0 Å². The Hall–Kier alpha value is -0.750. The van der Waals surface area contributed by atoms with Crippen molar-refractivity contribution in [1.82, 2.24) is 9.80 Å². The molecule has 2 fully saturated rings. The summed E-state index contributed by atoms with van der Waals surface area (Å²) in [6.07, 6.45) is 0.620. The molecule has 2 saturated heterocycles. The van der Waals surface area contributed by atoms with Crippen molar-refractivity contribution in [2.75, 3.05) is 45.1 Å². The molecule has 6 heteroatoms. The van der Waals surface area contributed by atoms with Crippen molar-refractivity contribution < 1.29 is 9.53 Å². The van der Waals surface area contributed by atoms with E-state index in [-0.39, 0.29) is 11.3 Å². The number of hydrogen-bond acceptors (Lipinski definition) is 4. The summed E-state index contributed by atoms with van der Waals surface area (Å²) in [7, 11) is 0. The van der Waals surface area contributed by atoms with Gasteiger partial charge in [0.05, 0.1) is 13.2 Å². The Bertz CT molecular complexity index is 523. The van der Waals surface area contributed by atoms with Crippen LogP contribution in [0.25, 0.3) is 0 Å². The fraction of sp³-hybridized carbons (Fsp3) is 0.562. The van der Waals surface area contributed by atoms with E-state index < -0.39 is 0 Å². The first-order valence-electron chi connectivity index (χ1n) is 7.71.